The summed E-state index contributed by atoms with van der Waals surface area (Å²) in [4.78, 5) is 30.5. The molecule has 0 amide bonds. The van der Waals surface area contributed by atoms with Crippen LogP contribution in [0.4, 0.5) is 17.1 Å². The molecule has 1 aromatic carbocycles. The fourth-order valence-corrected chi connectivity index (χ4v) is 3.20. The van der Waals surface area contributed by atoms with Crippen molar-refractivity contribution in [2.45, 2.75) is 0 Å². The molecule has 1 aliphatic rings. The SMILES string of the molecule is O=[N+]([O-])c1cc2c(c([N+](=O)[O-])c1O)[O][Pb][O][N+]2=O. The average Bonchev–Trinajstić information content (AvgIpc) is 2.27. The standard InChI is InChI=1S/C6H3N3O8.Pb/c10-5-2(7(12)13)1-3(8(14)15)6(11)4(5)9(16)17;/h1,10-11H;/q;+2/p-1. The van der Waals surface area contributed by atoms with E-state index in [0.717, 1.165) is 0 Å². The molecule has 0 fully saturated rings. The van der Waals surface area contributed by atoms with Gasteiger partial charge in [-0.25, -0.2) is 0 Å². The molecule has 11 nitrogen and oxygen atoms in total. The van der Waals surface area contributed by atoms with Crippen LogP contribution in [0.1, 0.15) is 0 Å². The minimum absolute atomic E-state index is 0.0681. The van der Waals surface area contributed by atoms with Crippen LogP contribution in [0.15, 0.2) is 6.07 Å². The molecule has 92 valence electrons. The molecule has 12 heteroatoms. The molecule has 0 atom stereocenters. The maximum absolute atomic E-state index is 11.3. The second kappa shape index (κ2) is 4.32. The van der Waals surface area contributed by atoms with Gasteiger partial charge in [0.25, 0.3) is 0 Å². The molecule has 18 heavy (non-hydrogen) atoms. The third-order valence-corrected chi connectivity index (χ3v) is 4.08. The number of aromatic hydroxyl groups is 1. The molecule has 2 rings (SSSR count). The molecule has 1 aliphatic heterocycles. The minimum atomic E-state index is -2.31. The van der Waals surface area contributed by atoms with E-state index in [4.69, 9.17) is 2.69 Å². The van der Waals surface area contributed by atoms with E-state index in [1.165, 1.54) is 0 Å². The summed E-state index contributed by atoms with van der Waals surface area (Å²) in [6.07, 6.45) is 0. The van der Waals surface area contributed by atoms with Crippen LogP contribution in [0, 0.1) is 25.1 Å². The van der Waals surface area contributed by atoms with Gasteiger partial charge in [0.15, 0.2) is 0 Å². The van der Waals surface area contributed by atoms with E-state index >= 15 is 0 Å². The monoisotopic (exact) mass is 452 g/mol. The summed E-state index contributed by atoms with van der Waals surface area (Å²) in [7, 11) is 0. The second-order valence-corrected chi connectivity index (χ2v) is 5.14. The van der Waals surface area contributed by atoms with Gasteiger partial charge in [0.1, 0.15) is 0 Å². The van der Waals surface area contributed by atoms with Crippen LogP contribution in [0.3, 0.4) is 0 Å². The van der Waals surface area contributed by atoms with Crippen molar-refractivity contribution in [2.24, 2.45) is 0 Å². The Labute approximate surface area is 110 Å². The molecule has 0 bridgehead atoms. The first kappa shape index (κ1) is 12.4. The average molecular weight is 451 g/mol. The van der Waals surface area contributed by atoms with Crippen molar-refractivity contribution in [3.05, 3.63) is 31.2 Å². The first-order chi connectivity index (χ1) is 8.43. The molecule has 1 heterocycles. The van der Waals surface area contributed by atoms with E-state index in [0.29, 0.717) is 6.07 Å². The summed E-state index contributed by atoms with van der Waals surface area (Å²) in [5.74, 6) is -1.64. The van der Waals surface area contributed by atoms with E-state index < -0.39 is 63.5 Å². The van der Waals surface area contributed by atoms with Crippen molar-refractivity contribution in [1.29, 1.82) is 0 Å². The number of hydrogen-bond donors (Lipinski definition) is 1. The zero-order valence-electron chi connectivity index (χ0n) is 8.22. The van der Waals surface area contributed by atoms with Crippen LogP contribution in [0.25, 0.3) is 0 Å². The van der Waals surface area contributed by atoms with E-state index in [1.54, 1.807) is 0 Å². The number of benzene rings is 1. The Bertz CT molecular complexity index is 587. The van der Waals surface area contributed by atoms with Gasteiger partial charge >= 0.3 is 110 Å². The molecular weight excluding hydrogens is 449 g/mol. The van der Waals surface area contributed by atoms with E-state index in [1.807, 2.05) is 0 Å². The van der Waals surface area contributed by atoms with Crippen LogP contribution in [0.2, 0.25) is 0 Å². The molecule has 0 saturated heterocycles. The second-order valence-electron chi connectivity index (χ2n) is 2.99. The van der Waals surface area contributed by atoms with Gasteiger partial charge in [-0.05, 0) is 0 Å². The van der Waals surface area contributed by atoms with Crippen molar-refractivity contribution in [3.63, 3.8) is 0 Å². The van der Waals surface area contributed by atoms with Crippen LogP contribution in [0.5, 0.6) is 11.5 Å². The summed E-state index contributed by atoms with van der Waals surface area (Å²) in [6.45, 7) is 0. The van der Waals surface area contributed by atoms with Gasteiger partial charge in [0, 0.05) is 0 Å². The predicted octanol–water partition coefficient (Wildman–Crippen LogP) is 0.477. The number of rotatable bonds is 2. The molecule has 0 saturated carbocycles. The number of nitro groups is 2. The van der Waals surface area contributed by atoms with Gasteiger partial charge in [0.05, 0.1) is 0 Å². The van der Waals surface area contributed by atoms with Crippen LogP contribution in [-0.2, 0) is 2.79 Å². The zero-order chi connectivity index (χ0) is 13.4. The molecular formula is C6H2N3O8Pb+. The van der Waals surface area contributed by atoms with Crippen LogP contribution in [-0.4, -0.2) is 45.0 Å². The third kappa shape index (κ3) is 1.81. The summed E-state index contributed by atoms with van der Waals surface area (Å²) < 4.78 is 9.44. The Morgan fingerprint density at radius 2 is 2.00 bits per heavy atom. The van der Waals surface area contributed by atoms with Gasteiger partial charge in [-0.3, -0.25) is 0 Å². The summed E-state index contributed by atoms with van der Waals surface area (Å²) in [6, 6.07) is 0.660. The summed E-state index contributed by atoms with van der Waals surface area (Å²) >= 11 is -2.31. The third-order valence-electron chi connectivity index (χ3n) is 2.03. The number of fused-ring (bicyclic) bond motifs is 1. The van der Waals surface area contributed by atoms with Gasteiger partial charge in [-0.15, -0.1) is 0 Å². The van der Waals surface area contributed by atoms with Crippen molar-refractivity contribution in [2.75, 3.05) is 0 Å². The number of phenols is 1. The van der Waals surface area contributed by atoms with E-state index in [2.05, 4.69) is 2.79 Å². The molecule has 0 aromatic heterocycles. The fourth-order valence-electron chi connectivity index (χ4n) is 1.30. The number of nitrogens with zero attached hydrogens (tertiary/aromatic N) is 3. The number of nitro benzene ring substituents is 2. The van der Waals surface area contributed by atoms with Gasteiger partial charge in [-0.2, -0.15) is 0 Å². The van der Waals surface area contributed by atoms with Gasteiger partial charge in [-0.1, -0.05) is 0 Å². The fraction of sp³-hybridized carbons (Fsp3) is 0. The van der Waals surface area contributed by atoms with Crippen molar-refractivity contribution in [3.8, 4) is 11.5 Å². The molecule has 2 radical (unpaired) electrons. The number of phenolic OH excluding ortho intramolecular Hbond substituents is 1. The van der Waals surface area contributed by atoms with Gasteiger partial charge < -0.3 is 0 Å². The molecule has 1 N–H and O–H groups in total. The molecule has 1 aromatic rings. The normalized spacial score (nSPS) is 13.2. The molecule has 0 unspecified atom stereocenters. The van der Waals surface area contributed by atoms with Crippen LogP contribution < -0.4 is 2.69 Å². The van der Waals surface area contributed by atoms with Crippen molar-refractivity contribution < 1.29 is 25.4 Å². The maximum atomic E-state index is 11.3. The Kier molecular flexibility index (Phi) is 2.97. The number of hydrogen-bond acceptors (Lipinski definition) is 8. The quantitative estimate of drug-likeness (QED) is 0.388. The topological polar surface area (TPSA) is 145 Å². The Morgan fingerprint density at radius 3 is 2.56 bits per heavy atom. The molecule has 0 aliphatic carbocycles. The van der Waals surface area contributed by atoms with E-state index in [9.17, 15) is 30.2 Å². The summed E-state index contributed by atoms with van der Waals surface area (Å²) in [5, 5.41) is 30.9. The first-order valence-electron chi connectivity index (χ1n) is 4.18. The van der Waals surface area contributed by atoms with Gasteiger partial charge in [0.2, 0.25) is 0 Å². The zero-order valence-corrected chi connectivity index (χ0v) is 12.1. The summed E-state index contributed by atoms with van der Waals surface area (Å²) in [5.41, 5.74) is -2.48. The molecule has 0 spiro atoms. The predicted molar refractivity (Wildman–Crippen MR) is 52.2 cm³/mol. The first-order valence-corrected chi connectivity index (χ1v) is 7.35. The van der Waals surface area contributed by atoms with E-state index in [-0.39, 0.29) is 4.92 Å². The van der Waals surface area contributed by atoms with Crippen molar-refractivity contribution in [1.82, 2.24) is 0 Å². The Hall–Kier alpha value is -2.06. The Balaban J connectivity index is 2.82. The van der Waals surface area contributed by atoms with Crippen molar-refractivity contribution >= 4 is 42.2 Å². The Morgan fingerprint density at radius 1 is 1.33 bits per heavy atom. The van der Waals surface area contributed by atoms with Crippen LogP contribution >= 0.6 is 0 Å².